The van der Waals surface area contributed by atoms with Gasteiger partial charge < -0.3 is 5.73 Å². The van der Waals surface area contributed by atoms with Crippen molar-refractivity contribution in [1.82, 2.24) is 9.97 Å². The van der Waals surface area contributed by atoms with Gasteiger partial charge in [0.05, 0.1) is 5.75 Å². The lowest BCUT2D eigenvalue weighted by molar-refractivity contribution is 0.627. The smallest absolute Gasteiger partial charge is 0.138 e. The first-order valence-corrected chi connectivity index (χ1v) is 5.68. The number of halogens is 1. The van der Waals surface area contributed by atoms with Crippen molar-refractivity contribution in [3.63, 3.8) is 0 Å². The van der Waals surface area contributed by atoms with E-state index in [9.17, 15) is 4.39 Å². The molecular weight excluding hydrogens is 225 g/mol. The Morgan fingerprint density at radius 1 is 1.25 bits per heavy atom. The van der Waals surface area contributed by atoms with Gasteiger partial charge in [-0.3, -0.25) is 0 Å². The Labute approximate surface area is 96.9 Å². The number of nitrogens with two attached hydrogens (primary N) is 1. The SMILES string of the molecule is Nc1cc(F)ccc1SCc1ncccn1. The van der Waals surface area contributed by atoms with E-state index in [0.717, 1.165) is 10.7 Å². The summed E-state index contributed by atoms with van der Waals surface area (Å²) in [5.41, 5.74) is 6.13. The van der Waals surface area contributed by atoms with E-state index in [1.165, 1.54) is 23.9 Å². The summed E-state index contributed by atoms with van der Waals surface area (Å²) in [5.74, 6) is 1.03. The predicted octanol–water partition coefficient (Wildman–Crippen LogP) is 2.49. The van der Waals surface area contributed by atoms with Gasteiger partial charge in [0.2, 0.25) is 0 Å². The number of rotatable bonds is 3. The highest BCUT2D eigenvalue weighted by molar-refractivity contribution is 7.98. The standard InChI is InChI=1S/C11H10FN3S/c12-8-2-3-10(9(13)6-8)16-7-11-14-4-1-5-15-11/h1-6H,7,13H2. The molecule has 0 saturated carbocycles. The highest BCUT2D eigenvalue weighted by Gasteiger charge is 2.03. The van der Waals surface area contributed by atoms with Crippen molar-refractivity contribution in [2.75, 3.05) is 5.73 Å². The summed E-state index contributed by atoms with van der Waals surface area (Å²) >= 11 is 1.49. The topological polar surface area (TPSA) is 51.8 Å². The minimum Gasteiger partial charge on any atom is -0.398 e. The van der Waals surface area contributed by atoms with Crippen molar-refractivity contribution in [1.29, 1.82) is 0 Å². The molecule has 0 aliphatic rings. The van der Waals surface area contributed by atoms with Gasteiger partial charge in [0.25, 0.3) is 0 Å². The van der Waals surface area contributed by atoms with E-state index in [0.29, 0.717) is 11.4 Å². The first kappa shape index (κ1) is 10.9. The lowest BCUT2D eigenvalue weighted by atomic mass is 10.3. The van der Waals surface area contributed by atoms with Crippen LogP contribution in [0.25, 0.3) is 0 Å². The van der Waals surface area contributed by atoms with Gasteiger partial charge in [0.1, 0.15) is 11.6 Å². The molecule has 0 aliphatic heterocycles. The van der Waals surface area contributed by atoms with E-state index in [-0.39, 0.29) is 5.82 Å². The summed E-state index contributed by atoms with van der Waals surface area (Å²) in [4.78, 5) is 9.03. The fourth-order valence-corrected chi connectivity index (χ4v) is 2.02. The number of nitrogen functional groups attached to an aromatic ring is 1. The molecule has 0 unspecified atom stereocenters. The Kier molecular flexibility index (Phi) is 3.36. The molecule has 82 valence electrons. The molecule has 0 radical (unpaired) electrons. The van der Waals surface area contributed by atoms with E-state index in [1.807, 2.05) is 0 Å². The van der Waals surface area contributed by atoms with Crippen LogP contribution in [-0.4, -0.2) is 9.97 Å². The molecule has 5 heteroatoms. The summed E-state index contributed by atoms with van der Waals surface area (Å²) in [6, 6.07) is 6.14. The highest BCUT2D eigenvalue weighted by Crippen LogP contribution is 2.27. The second-order valence-electron chi connectivity index (χ2n) is 3.14. The lowest BCUT2D eigenvalue weighted by Gasteiger charge is -2.04. The average molecular weight is 235 g/mol. The van der Waals surface area contributed by atoms with Gasteiger partial charge in [0, 0.05) is 23.0 Å². The van der Waals surface area contributed by atoms with Crippen LogP contribution in [-0.2, 0) is 5.75 Å². The number of hydrogen-bond donors (Lipinski definition) is 1. The largest absolute Gasteiger partial charge is 0.398 e. The zero-order valence-electron chi connectivity index (χ0n) is 8.43. The Hall–Kier alpha value is -1.62. The molecule has 0 fully saturated rings. The number of benzene rings is 1. The molecule has 2 rings (SSSR count). The van der Waals surface area contributed by atoms with Crippen LogP contribution >= 0.6 is 11.8 Å². The number of aromatic nitrogens is 2. The van der Waals surface area contributed by atoms with Gasteiger partial charge in [-0.25, -0.2) is 14.4 Å². The van der Waals surface area contributed by atoms with Gasteiger partial charge >= 0.3 is 0 Å². The zero-order valence-corrected chi connectivity index (χ0v) is 9.25. The first-order chi connectivity index (χ1) is 7.75. The van der Waals surface area contributed by atoms with Crippen molar-refractivity contribution in [3.8, 4) is 0 Å². The molecule has 0 aliphatic carbocycles. The number of thioether (sulfide) groups is 1. The summed E-state index contributed by atoms with van der Waals surface area (Å²) < 4.78 is 12.8. The van der Waals surface area contributed by atoms with Crippen LogP contribution in [0.2, 0.25) is 0 Å². The average Bonchev–Trinajstić information content (AvgIpc) is 2.29. The van der Waals surface area contributed by atoms with Crippen LogP contribution in [0.4, 0.5) is 10.1 Å². The van der Waals surface area contributed by atoms with E-state index >= 15 is 0 Å². The summed E-state index contributed by atoms with van der Waals surface area (Å²) in [6.07, 6.45) is 3.38. The Balaban J connectivity index is 2.05. The maximum absolute atomic E-state index is 12.8. The molecule has 16 heavy (non-hydrogen) atoms. The normalized spacial score (nSPS) is 10.3. The summed E-state index contributed by atoms with van der Waals surface area (Å²) in [6.45, 7) is 0. The molecule has 1 aromatic heterocycles. The Morgan fingerprint density at radius 2 is 2.00 bits per heavy atom. The molecular formula is C11H10FN3S. The predicted molar refractivity (Wildman–Crippen MR) is 62.4 cm³/mol. The molecule has 0 bridgehead atoms. The van der Waals surface area contributed by atoms with Crippen LogP contribution in [0.15, 0.2) is 41.6 Å². The van der Waals surface area contributed by atoms with Crippen LogP contribution in [0, 0.1) is 5.82 Å². The van der Waals surface area contributed by atoms with Gasteiger partial charge in [-0.05, 0) is 24.3 Å². The first-order valence-electron chi connectivity index (χ1n) is 4.69. The van der Waals surface area contributed by atoms with Crippen LogP contribution in [0.1, 0.15) is 5.82 Å². The molecule has 0 saturated heterocycles. The molecule has 2 aromatic rings. The number of anilines is 1. The fraction of sp³-hybridized carbons (Fsp3) is 0.0909. The van der Waals surface area contributed by atoms with E-state index < -0.39 is 0 Å². The van der Waals surface area contributed by atoms with E-state index in [4.69, 9.17) is 5.73 Å². The third kappa shape index (κ3) is 2.70. The Bertz CT molecular complexity index is 476. The quantitative estimate of drug-likeness (QED) is 0.656. The third-order valence-electron chi connectivity index (χ3n) is 1.95. The molecule has 1 heterocycles. The van der Waals surface area contributed by atoms with Crippen molar-refractivity contribution < 1.29 is 4.39 Å². The molecule has 3 nitrogen and oxygen atoms in total. The lowest BCUT2D eigenvalue weighted by Crippen LogP contribution is -1.93. The minimum atomic E-state index is -0.321. The maximum Gasteiger partial charge on any atom is 0.138 e. The van der Waals surface area contributed by atoms with Gasteiger partial charge in [0.15, 0.2) is 0 Å². The van der Waals surface area contributed by atoms with Crippen LogP contribution < -0.4 is 5.73 Å². The molecule has 0 atom stereocenters. The second-order valence-corrected chi connectivity index (χ2v) is 4.15. The second kappa shape index (κ2) is 4.94. The molecule has 0 amide bonds. The van der Waals surface area contributed by atoms with Crippen LogP contribution in [0.3, 0.4) is 0 Å². The number of nitrogens with zero attached hydrogens (tertiary/aromatic N) is 2. The van der Waals surface area contributed by atoms with Gasteiger partial charge in [-0.2, -0.15) is 0 Å². The molecule has 2 N–H and O–H groups in total. The minimum absolute atomic E-state index is 0.321. The third-order valence-corrected chi connectivity index (χ3v) is 3.03. The van der Waals surface area contributed by atoms with Crippen molar-refractivity contribution >= 4 is 17.4 Å². The van der Waals surface area contributed by atoms with E-state index in [1.54, 1.807) is 24.5 Å². The van der Waals surface area contributed by atoms with Gasteiger partial charge in [-0.1, -0.05) is 0 Å². The van der Waals surface area contributed by atoms with Crippen molar-refractivity contribution in [2.45, 2.75) is 10.6 Å². The monoisotopic (exact) mass is 235 g/mol. The van der Waals surface area contributed by atoms with Crippen LogP contribution in [0.5, 0.6) is 0 Å². The number of hydrogen-bond acceptors (Lipinski definition) is 4. The van der Waals surface area contributed by atoms with E-state index in [2.05, 4.69) is 9.97 Å². The van der Waals surface area contributed by atoms with Crippen molar-refractivity contribution in [2.24, 2.45) is 0 Å². The maximum atomic E-state index is 12.8. The van der Waals surface area contributed by atoms with Crippen molar-refractivity contribution in [3.05, 3.63) is 48.3 Å². The van der Waals surface area contributed by atoms with Gasteiger partial charge in [-0.15, -0.1) is 11.8 Å². The summed E-state index contributed by atoms with van der Waals surface area (Å²) in [5, 5.41) is 0. The zero-order chi connectivity index (χ0) is 11.4. The molecule has 1 aromatic carbocycles. The molecule has 0 spiro atoms. The Morgan fingerprint density at radius 3 is 2.69 bits per heavy atom. The fourth-order valence-electron chi connectivity index (χ4n) is 1.20. The highest BCUT2D eigenvalue weighted by atomic mass is 32.2. The summed E-state index contributed by atoms with van der Waals surface area (Å²) in [7, 11) is 0.